The van der Waals surface area contributed by atoms with E-state index in [2.05, 4.69) is 38.7 Å². The molecule has 2 aromatic rings. The molecule has 0 bridgehead atoms. The van der Waals surface area contributed by atoms with Crippen LogP contribution in [0.5, 0.6) is 0 Å². The van der Waals surface area contributed by atoms with Crippen molar-refractivity contribution in [2.45, 2.75) is 70.1 Å². The van der Waals surface area contributed by atoms with Crippen LogP contribution in [-0.2, 0) is 5.41 Å². The third-order valence-electron chi connectivity index (χ3n) is 6.85. The number of aromatic nitrogens is 2. The first-order valence-electron chi connectivity index (χ1n) is 12.0. The fraction of sp³-hybridized carbons (Fsp3) is 0.560. The molecule has 1 saturated heterocycles. The average Bonchev–Trinajstić information content (AvgIpc) is 3.08. The van der Waals surface area contributed by atoms with E-state index in [0.717, 1.165) is 49.0 Å². The van der Waals surface area contributed by atoms with Crippen LogP contribution in [0.3, 0.4) is 0 Å². The Morgan fingerprint density at radius 1 is 1.00 bits per heavy atom. The summed E-state index contributed by atoms with van der Waals surface area (Å²) >= 11 is 11.8. The molecule has 0 unspecified atom stereocenters. The molecule has 1 saturated carbocycles. The van der Waals surface area contributed by atoms with Crippen LogP contribution in [0.15, 0.2) is 30.3 Å². The predicted octanol–water partition coefficient (Wildman–Crippen LogP) is 6.01. The Morgan fingerprint density at radius 2 is 1.66 bits per heavy atom. The second-order valence-electron chi connectivity index (χ2n) is 9.25. The van der Waals surface area contributed by atoms with Crippen molar-refractivity contribution in [1.82, 2.24) is 15.3 Å². The quantitative estimate of drug-likeness (QED) is 0.521. The van der Waals surface area contributed by atoms with Crippen LogP contribution in [-0.4, -0.2) is 34.7 Å². The normalized spacial score (nSPS) is 18.6. The first-order valence-corrected chi connectivity index (χ1v) is 12.7. The van der Waals surface area contributed by atoms with E-state index in [1.807, 2.05) is 19.1 Å². The smallest absolute Gasteiger partial charge is 0.231 e. The summed E-state index contributed by atoms with van der Waals surface area (Å²) in [5, 5.41) is 8.08. The Bertz CT molecular complexity index is 903. The van der Waals surface area contributed by atoms with Crippen molar-refractivity contribution in [3.8, 4) is 0 Å². The van der Waals surface area contributed by atoms with Gasteiger partial charge in [-0.2, -0.15) is 4.98 Å². The molecule has 2 N–H and O–H groups in total. The highest BCUT2D eigenvalue weighted by molar-refractivity contribution is 7.80. The lowest BCUT2D eigenvalue weighted by atomic mass is 9.69. The second kappa shape index (κ2) is 10.8. The lowest BCUT2D eigenvalue weighted by molar-refractivity contribution is 0.292. The van der Waals surface area contributed by atoms with Gasteiger partial charge in [-0.1, -0.05) is 55.8 Å². The molecule has 7 heteroatoms. The lowest BCUT2D eigenvalue weighted by Crippen LogP contribution is -2.43. The first-order chi connectivity index (χ1) is 15.5. The molecule has 1 aliphatic heterocycles. The van der Waals surface area contributed by atoms with Gasteiger partial charge in [0.2, 0.25) is 5.95 Å². The molecule has 1 aromatic heterocycles. The number of anilines is 2. The van der Waals surface area contributed by atoms with Gasteiger partial charge in [0.1, 0.15) is 5.82 Å². The molecule has 0 atom stereocenters. The highest BCUT2D eigenvalue weighted by atomic mass is 35.5. The maximum Gasteiger partial charge on any atom is 0.231 e. The maximum atomic E-state index is 6.14. The SMILES string of the molecule is Cc1cc(N2CCCCCC2)nc(NC(=S)NCC2(c3ccc(Cl)cc3)CCCCC2)n1. The van der Waals surface area contributed by atoms with Crippen molar-refractivity contribution in [2.24, 2.45) is 0 Å². The minimum Gasteiger partial charge on any atom is -0.361 e. The molecule has 0 radical (unpaired) electrons. The van der Waals surface area contributed by atoms with Gasteiger partial charge in [-0.15, -0.1) is 0 Å². The summed E-state index contributed by atoms with van der Waals surface area (Å²) in [6, 6.07) is 10.4. The van der Waals surface area contributed by atoms with Crippen LogP contribution < -0.4 is 15.5 Å². The molecule has 32 heavy (non-hydrogen) atoms. The van der Waals surface area contributed by atoms with E-state index in [0.29, 0.717) is 11.1 Å². The van der Waals surface area contributed by atoms with Gasteiger partial charge in [-0.25, -0.2) is 4.98 Å². The number of benzene rings is 1. The summed E-state index contributed by atoms with van der Waals surface area (Å²) in [4.78, 5) is 11.7. The van der Waals surface area contributed by atoms with Crippen LogP contribution in [0.2, 0.25) is 5.02 Å². The third-order valence-corrected chi connectivity index (χ3v) is 7.35. The summed E-state index contributed by atoms with van der Waals surface area (Å²) in [5.74, 6) is 1.57. The van der Waals surface area contributed by atoms with Gasteiger partial charge in [0, 0.05) is 41.8 Å². The Balaban J connectivity index is 1.43. The highest BCUT2D eigenvalue weighted by Crippen LogP contribution is 2.39. The van der Waals surface area contributed by atoms with Gasteiger partial charge in [-0.3, -0.25) is 0 Å². The van der Waals surface area contributed by atoms with Gasteiger partial charge < -0.3 is 15.5 Å². The van der Waals surface area contributed by atoms with E-state index in [9.17, 15) is 0 Å². The summed E-state index contributed by atoms with van der Waals surface area (Å²) in [6.45, 7) is 4.93. The van der Waals surface area contributed by atoms with Crippen LogP contribution in [0.25, 0.3) is 0 Å². The molecular formula is C25H34ClN5S. The van der Waals surface area contributed by atoms with E-state index >= 15 is 0 Å². The zero-order valence-corrected chi connectivity index (χ0v) is 20.6. The van der Waals surface area contributed by atoms with E-state index in [1.165, 1.54) is 50.5 Å². The number of aryl methyl sites for hydroxylation is 1. The molecule has 1 aromatic carbocycles. The summed E-state index contributed by atoms with van der Waals surface area (Å²) in [6.07, 6.45) is 11.1. The van der Waals surface area contributed by atoms with Gasteiger partial charge in [0.25, 0.3) is 0 Å². The zero-order valence-electron chi connectivity index (χ0n) is 19.0. The number of nitrogens with zero attached hydrogens (tertiary/aromatic N) is 3. The molecule has 0 spiro atoms. The fourth-order valence-corrected chi connectivity index (χ4v) is 5.35. The topological polar surface area (TPSA) is 53.1 Å². The summed E-state index contributed by atoms with van der Waals surface area (Å²) < 4.78 is 0. The summed E-state index contributed by atoms with van der Waals surface area (Å²) in [7, 11) is 0. The Morgan fingerprint density at radius 3 is 2.34 bits per heavy atom. The highest BCUT2D eigenvalue weighted by Gasteiger charge is 2.34. The van der Waals surface area contributed by atoms with Crippen molar-refractivity contribution < 1.29 is 0 Å². The standard InChI is InChI=1S/C25H34ClN5S/c1-19-17-22(31-15-7-2-3-8-16-31)29-23(28-19)30-24(32)27-18-25(13-5-4-6-14-25)20-9-11-21(26)12-10-20/h9-12,17H,2-8,13-16,18H2,1H3,(H2,27,28,29,30,32). The number of hydrogen-bond donors (Lipinski definition) is 2. The Hall–Kier alpha value is -1.92. The van der Waals surface area contributed by atoms with Crippen molar-refractivity contribution in [1.29, 1.82) is 0 Å². The van der Waals surface area contributed by atoms with Crippen LogP contribution in [0, 0.1) is 6.92 Å². The van der Waals surface area contributed by atoms with Gasteiger partial charge >= 0.3 is 0 Å². The second-order valence-corrected chi connectivity index (χ2v) is 10.1. The third kappa shape index (κ3) is 5.90. The van der Waals surface area contributed by atoms with Gasteiger partial charge in [0.15, 0.2) is 5.11 Å². The number of thiocarbonyl (C=S) groups is 1. The molecular weight excluding hydrogens is 438 g/mol. The van der Waals surface area contributed by atoms with Crippen molar-refractivity contribution in [3.63, 3.8) is 0 Å². The largest absolute Gasteiger partial charge is 0.361 e. The van der Waals surface area contributed by atoms with Crippen molar-refractivity contribution in [3.05, 3.63) is 46.6 Å². The van der Waals surface area contributed by atoms with E-state index < -0.39 is 0 Å². The zero-order chi connectivity index (χ0) is 22.4. The summed E-state index contributed by atoms with van der Waals surface area (Å²) in [5.41, 5.74) is 2.38. The van der Waals surface area contributed by atoms with Crippen LogP contribution >= 0.6 is 23.8 Å². The van der Waals surface area contributed by atoms with Crippen LogP contribution in [0.1, 0.15) is 69.0 Å². The fourth-order valence-electron chi connectivity index (χ4n) is 5.06. The molecule has 2 aliphatic rings. The molecule has 172 valence electrons. The van der Waals surface area contributed by atoms with Gasteiger partial charge in [-0.05, 0) is 62.5 Å². The molecule has 4 rings (SSSR count). The average molecular weight is 472 g/mol. The van der Waals surface area contributed by atoms with E-state index in [4.69, 9.17) is 28.8 Å². The molecule has 2 fully saturated rings. The lowest BCUT2D eigenvalue weighted by Gasteiger charge is -2.38. The number of hydrogen-bond acceptors (Lipinski definition) is 4. The minimum absolute atomic E-state index is 0.0826. The maximum absolute atomic E-state index is 6.14. The Labute approximate surface area is 202 Å². The molecule has 5 nitrogen and oxygen atoms in total. The number of rotatable bonds is 5. The van der Waals surface area contributed by atoms with Gasteiger partial charge in [0.05, 0.1) is 0 Å². The Kier molecular flexibility index (Phi) is 7.84. The van der Waals surface area contributed by atoms with E-state index in [1.54, 1.807) is 0 Å². The van der Waals surface area contributed by atoms with Crippen LogP contribution in [0.4, 0.5) is 11.8 Å². The number of nitrogens with one attached hydrogen (secondary N) is 2. The number of halogens is 1. The monoisotopic (exact) mass is 471 g/mol. The minimum atomic E-state index is 0.0826. The molecule has 2 heterocycles. The first kappa shape index (κ1) is 23.2. The van der Waals surface area contributed by atoms with Crippen molar-refractivity contribution in [2.75, 3.05) is 29.9 Å². The molecule has 1 aliphatic carbocycles. The predicted molar refractivity (Wildman–Crippen MR) is 138 cm³/mol. The van der Waals surface area contributed by atoms with Crippen molar-refractivity contribution >= 4 is 40.7 Å². The molecule has 0 amide bonds. The van der Waals surface area contributed by atoms with E-state index in [-0.39, 0.29) is 5.41 Å².